The molecule has 0 saturated carbocycles. The smallest absolute Gasteiger partial charge is 0.387 e. The van der Waals surface area contributed by atoms with Crippen molar-refractivity contribution in [1.29, 1.82) is 0 Å². The predicted octanol–water partition coefficient (Wildman–Crippen LogP) is 5.76. The number of benzene rings is 2. The number of carbonyl (C=O) groups is 2. The van der Waals surface area contributed by atoms with Gasteiger partial charge in [0.15, 0.2) is 6.61 Å². The number of hydrogen-bond acceptors (Lipinski definition) is 7. The van der Waals surface area contributed by atoms with Crippen LogP contribution in [-0.4, -0.2) is 38.7 Å². The van der Waals surface area contributed by atoms with E-state index in [0.717, 1.165) is 58.4 Å². The maximum absolute atomic E-state index is 12.7. The van der Waals surface area contributed by atoms with Crippen LogP contribution in [0, 0.1) is 0 Å². The number of esters is 1. The van der Waals surface area contributed by atoms with Gasteiger partial charge in [0.1, 0.15) is 22.1 Å². The summed E-state index contributed by atoms with van der Waals surface area (Å²) in [5.74, 6) is -1.99. The fourth-order valence-corrected chi connectivity index (χ4v) is 4.88. The molecule has 184 valence electrons. The molecule has 1 heterocycles. The summed E-state index contributed by atoms with van der Waals surface area (Å²) in [7, 11) is 1.59. The van der Waals surface area contributed by atoms with Gasteiger partial charge in [0, 0.05) is 10.9 Å². The zero-order valence-electron chi connectivity index (χ0n) is 18.2. The molecule has 0 aliphatic heterocycles. The van der Waals surface area contributed by atoms with Gasteiger partial charge in [-0.1, -0.05) is 0 Å². The fourth-order valence-electron chi connectivity index (χ4n) is 3.72. The van der Waals surface area contributed by atoms with Crippen LogP contribution in [0.3, 0.4) is 0 Å². The van der Waals surface area contributed by atoms with Crippen LogP contribution in [-0.2, 0) is 17.6 Å². The van der Waals surface area contributed by atoms with Gasteiger partial charge in [-0.05, 0) is 65.9 Å². The van der Waals surface area contributed by atoms with Gasteiger partial charge in [0.25, 0.3) is 0 Å². The van der Waals surface area contributed by atoms with Gasteiger partial charge in [0.05, 0.1) is 12.7 Å². The van der Waals surface area contributed by atoms with Crippen LogP contribution in [0.2, 0.25) is 0 Å². The van der Waals surface area contributed by atoms with Crippen LogP contribution in [0.5, 0.6) is 17.2 Å². The second kappa shape index (κ2) is 10.3. The average molecular weight is 510 g/mol. The van der Waals surface area contributed by atoms with Gasteiger partial charge in [-0.3, -0.25) is 4.79 Å². The van der Waals surface area contributed by atoms with Gasteiger partial charge in [-0.25, -0.2) is 4.79 Å². The lowest BCUT2D eigenvalue weighted by Crippen LogP contribution is -2.16. The highest BCUT2D eigenvalue weighted by Gasteiger charge is 2.24. The van der Waals surface area contributed by atoms with Crippen molar-refractivity contribution in [3.63, 3.8) is 0 Å². The number of alkyl halides is 4. The molecule has 11 heteroatoms. The summed E-state index contributed by atoms with van der Waals surface area (Å²) in [5.41, 5.74) is 2.70. The number of fused-ring (bicyclic) bond motifs is 3. The third kappa shape index (κ3) is 5.56. The Morgan fingerprint density at radius 1 is 0.914 bits per heavy atom. The molecule has 35 heavy (non-hydrogen) atoms. The number of carbonyl (C=O) groups excluding carboxylic acids is 2. The van der Waals surface area contributed by atoms with Crippen LogP contribution in [0.15, 0.2) is 42.5 Å². The molecule has 0 unspecified atom stereocenters. The average Bonchev–Trinajstić information content (AvgIpc) is 3.26. The molecule has 0 radical (unpaired) electrons. The Kier molecular flexibility index (Phi) is 7.25. The molecule has 6 nitrogen and oxygen atoms in total. The van der Waals surface area contributed by atoms with Gasteiger partial charge in [0.2, 0.25) is 5.78 Å². The van der Waals surface area contributed by atoms with E-state index in [1.165, 1.54) is 11.3 Å². The van der Waals surface area contributed by atoms with E-state index in [-0.39, 0.29) is 10.4 Å². The van der Waals surface area contributed by atoms with Gasteiger partial charge >= 0.3 is 19.2 Å². The summed E-state index contributed by atoms with van der Waals surface area (Å²) in [6.45, 7) is -7.27. The van der Waals surface area contributed by atoms with Gasteiger partial charge in [-0.15, -0.1) is 11.3 Å². The highest BCUT2D eigenvalue weighted by molar-refractivity contribution is 7.17. The molecule has 1 aromatic heterocycles. The number of ether oxygens (including phenoxy) is 4. The number of hydrogen-bond donors (Lipinski definition) is 0. The molecule has 4 rings (SSSR count). The number of methoxy groups -OCH3 is 1. The lowest BCUT2D eigenvalue weighted by atomic mass is 9.91. The molecular formula is C24H18F4O6S. The van der Waals surface area contributed by atoms with Crippen molar-refractivity contribution in [2.75, 3.05) is 13.7 Å². The molecule has 3 aromatic rings. The van der Waals surface area contributed by atoms with Crippen molar-refractivity contribution in [3.8, 4) is 27.7 Å². The summed E-state index contributed by atoms with van der Waals surface area (Å²) < 4.78 is 69.1. The summed E-state index contributed by atoms with van der Waals surface area (Å²) >= 11 is 1.23. The largest absolute Gasteiger partial charge is 0.497 e. The summed E-state index contributed by atoms with van der Waals surface area (Å²) in [6, 6.07) is 10.1. The number of ketones is 1. The number of rotatable bonds is 9. The first-order valence-corrected chi connectivity index (χ1v) is 11.1. The Bertz CT molecular complexity index is 1260. The molecule has 0 N–H and O–H groups in total. The lowest BCUT2D eigenvalue weighted by molar-refractivity contribution is -0.0545. The first kappa shape index (κ1) is 24.5. The van der Waals surface area contributed by atoms with Crippen LogP contribution >= 0.6 is 11.3 Å². The van der Waals surface area contributed by atoms with E-state index in [0.29, 0.717) is 0 Å². The fraction of sp³-hybridized carbons (Fsp3) is 0.250. The predicted molar refractivity (Wildman–Crippen MR) is 118 cm³/mol. The van der Waals surface area contributed by atoms with Crippen molar-refractivity contribution in [1.82, 2.24) is 0 Å². The highest BCUT2D eigenvalue weighted by Crippen LogP contribution is 2.41. The van der Waals surface area contributed by atoms with E-state index in [9.17, 15) is 27.2 Å². The molecule has 1 aliphatic carbocycles. The van der Waals surface area contributed by atoms with Crippen LogP contribution < -0.4 is 14.2 Å². The number of thiophene rings is 1. The number of Topliss-reactive ketones (excluding diaryl/α,β-unsaturated/α-hetero) is 1. The lowest BCUT2D eigenvalue weighted by Gasteiger charge is -2.16. The Morgan fingerprint density at radius 3 is 2.34 bits per heavy atom. The van der Waals surface area contributed by atoms with Crippen molar-refractivity contribution in [2.24, 2.45) is 0 Å². The summed E-state index contributed by atoms with van der Waals surface area (Å²) in [4.78, 5) is 26.4. The van der Waals surface area contributed by atoms with E-state index < -0.39 is 43.1 Å². The van der Waals surface area contributed by atoms with E-state index in [1.54, 1.807) is 13.2 Å². The SMILES string of the molecule is COc1ccc2c(c1)CCc1cc(C(=O)OCC(=O)c3ccc(OC(F)F)cc3OC(F)F)sc1-2. The zero-order chi connectivity index (χ0) is 25.1. The molecule has 0 fully saturated rings. The van der Waals surface area contributed by atoms with E-state index >= 15 is 0 Å². The minimum Gasteiger partial charge on any atom is -0.497 e. The molecule has 0 bridgehead atoms. The second-order valence-electron chi connectivity index (χ2n) is 7.40. The Morgan fingerprint density at radius 2 is 1.63 bits per heavy atom. The van der Waals surface area contributed by atoms with Crippen LogP contribution in [0.4, 0.5) is 17.6 Å². The first-order valence-electron chi connectivity index (χ1n) is 10.3. The minimum absolute atomic E-state index is 0.288. The van der Waals surface area contributed by atoms with Crippen LogP contribution in [0.1, 0.15) is 31.2 Å². The zero-order valence-corrected chi connectivity index (χ0v) is 19.0. The van der Waals surface area contributed by atoms with E-state index in [4.69, 9.17) is 9.47 Å². The molecule has 0 amide bonds. The third-order valence-electron chi connectivity index (χ3n) is 5.26. The Hall–Kier alpha value is -3.60. The molecule has 0 atom stereocenters. The molecular weight excluding hydrogens is 492 g/mol. The van der Waals surface area contributed by atoms with Gasteiger partial charge in [-0.2, -0.15) is 17.6 Å². The molecule has 1 aliphatic rings. The molecule has 0 spiro atoms. The normalized spacial score (nSPS) is 12.2. The topological polar surface area (TPSA) is 71.1 Å². The summed E-state index contributed by atoms with van der Waals surface area (Å²) in [6.07, 6.45) is 1.50. The van der Waals surface area contributed by atoms with Crippen molar-refractivity contribution >= 4 is 23.1 Å². The van der Waals surface area contributed by atoms with Crippen molar-refractivity contribution in [3.05, 3.63) is 64.0 Å². The standard InChI is InChI=1S/C24H18F4O6S/c1-31-14-4-6-16-12(8-14)2-3-13-9-20(35-21(13)16)22(30)32-11-18(29)17-7-5-15(33-23(25)26)10-19(17)34-24(27)28/h4-10,23-24H,2-3,11H2,1H3. The third-order valence-corrected chi connectivity index (χ3v) is 6.45. The maximum atomic E-state index is 12.7. The molecule has 0 saturated heterocycles. The molecule has 2 aromatic carbocycles. The Balaban J connectivity index is 1.47. The minimum atomic E-state index is -3.31. The highest BCUT2D eigenvalue weighted by atomic mass is 32.1. The van der Waals surface area contributed by atoms with Gasteiger partial charge < -0.3 is 18.9 Å². The maximum Gasteiger partial charge on any atom is 0.387 e. The van der Waals surface area contributed by atoms with Crippen molar-refractivity contribution < 1.29 is 46.1 Å². The quantitative estimate of drug-likeness (QED) is 0.207. The first-order chi connectivity index (χ1) is 16.7. The second-order valence-corrected chi connectivity index (χ2v) is 8.45. The Labute approximate surface area is 201 Å². The van der Waals surface area contributed by atoms with Crippen molar-refractivity contribution in [2.45, 2.75) is 26.1 Å². The van der Waals surface area contributed by atoms with E-state index in [1.807, 2.05) is 18.2 Å². The number of halogens is 4. The summed E-state index contributed by atoms with van der Waals surface area (Å²) in [5, 5.41) is 0. The monoisotopic (exact) mass is 510 g/mol. The van der Waals surface area contributed by atoms with E-state index in [2.05, 4.69) is 9.47 Å². The van der Waals surface area contributed by atoms with Crippen LogP contribution in [0.25, 0.3) is 10.4 Å². The number of aryl methyl sites for hydroxylation is 2.